The van der Waals surface area contributed by atoms with Crippen molar-refractivity contribution in [1.82, 2.24) is 9.47 Å². The second kappa shape index (κ2) is 7.42. The number of urea groups is 1. The van der Waals surface area contributed by atoms with Gasteiger partial charge in [-0.2, -0.15) is 0 Å². The maximum atomic E-state index is 12.5. The fourth-order valence-corrected chi connectivity index (χ4v) is 3.29. The van der Waals surface area contributed by atoms with Crippen LogP contribution in [0.5, 0.6) is 0 Å². The molecule has 2 amide bonds. The molecule has 6 nitrogen and oxygen atoms in total. The molecule has 1 aliphatic heterocycles. The molecule has 0 saturated carbocycles. The summed E-state index contributed by atoms with van der Waals surface area (Å²) in [6.07, 6.45) is 4.55. The number of amides is 2. The molecule has 0 aliphatic carbocycles. The van der Waals surface area contributed by atoms with E-state index in [2.05, 4.69) is 5.32 Å². The summed E-state index contributed by atoms with van der Waals surface area (Å²) in [5, 5.41) is 2.95. The van der Waals surface area contributed by atoms with E-state index in [1.165, 1.54) is 7.11 Å². The summed E-state index contributed by atoms with van der Waals surface area (Å²) in [6, 6.07) is 11.5. The normalized spacial score (nSPS) is 20.2. The zero-order chi connectivity index (χ0) is 17.8. The summed E-state index contributed by atoms with van der Waals surface area (Å²) in [5.74, 6) is -0.240. The van der Waals surface area contributed by atoms with Gasteiger partial charge in [0.05, 0.1) is 13.0 Å². The molecule has 0 spiro atoms. The van der Waals surface area contributed by atoms with Crippen LogP contribution < -0.4 is 5.32 Å². The maximum Gasteiger partial charge on any atom is 0.321 e. The lowest BCUT2D eigenvalue weighted by molar-refractivity contribution is -0.148. The van der Waals surface area contributed by atoms with E-state index in [1.807, 2.05) is 60.3 Å². The number of carbonyl (C=O) groups is 2. The van der Waals surface area contributed by atoms with E-state index in [0.29, 0.717) is 19.5 Å². The van der Waals surface area contributed by atoms with Crippen molar-refractivity contribution in [2.24, 2.45) is 11.8 Å². The first-order chi connectivity index (χ1) is 12.1. The lowest BCUT2D eigenvalue weighted by atomic mass is 9.87. The van der Waals surface area contributed by atoms with Crippen molar-refractivity contribution < 1.29 is 14.3 Å². The van der Waals surface area contributed by atoms with Gasteiger partial charge in [0.25, 0.3) is 0 Å². The van der Waals surface area contributed by atoms with Gasteiger partial charge in [-0.25, -0.2) is 4.79 Å². The Balaban J connectivity index is 1.63. The monoisotopic (exact) mass is 341 g/mol. The van der Waals surface area contributed by atoms with Crippen LogP contribution in [0.25, 0.3) is 5.69 Å². The molecular weight excluding hydrogens is 318 g/mol. The van der Waals surface area contributed by atoms with Gasteiger partial charge in [0, 0.05) is 36.9 Å². The second-order valence-corrected chi connectivity index (χ2v) is 6.41. The van der Waals surface area contributed by atoms with Crippen molar-refractivity contribution in [3.63, 3.8) is 0 Å². The number of likely N-dealkylation sites (tertiary alicyclic amines) is 1. The topological polar surface area (TPSA) is 63.6 Å². The molecule has 25 heavy (non-hydrogen) atoms. The number of benzene rings is 1. The molecule has 0 bridgehead atoms. The smallest absolute Gasteiger partial charge is 0.321 e. The van der Waals surface area contributed by atoms with Gasteiger partial charge in [-0.3, -0.25) is 4.79 Å². The summed E-state index contributed by atoms with van der Waals surface area (Å²) in [6.45, 7) is 3.07. The van der Waals surface area contributed by atoms with Crippen LogP contribution in [-0.2, 0) is 9.53 Å². The molecule has 1 N–H and O–H groups in total. The fourth-order valence-electron chi connectivity index (χ4n) is 3.29. The highest BCUT2D eigenvalue weighted by Gasteiger charge is 2.33. The van der Waals surface area contributed by atoms with E-state index in [1.54, 1.807) is 4.90 Å². The van der Waals surface area contributed by atoms with Gasteiger partial charge in [-0.05, 0) is 42.7 Å². The quantitative estimate of drug-likeness (QED) is 0.873. The Hall–Kier alpha value is -2.76. The zero-order valence-corrected chi connectivity index (χ0v) is 14.5. The van der Waals surface area contributed by atoms with E-state index in [0.717, 1.165) is 11.4 Å². The lowest BCUT2D eigenvalue weighted by Crippen LogP contribution is -2.46. The number of hydrogen-bond acceptors (Lipinski definition) is 3. The highest BCUT2D eigenvalue weighted by atomic mass is 16.5. The Morgan fingerprint density at radius 1 is 1.20 bits per heavy atom. The van der Waals surface area contributed by atoms with E-state index in [4.69, 9.17) is 4.74 Å². The van der Waals surface area contributed by atoms with E-state index >= 15 is 0 Å². The summed E-state index contributed by atoms with van der Waals surface area (Å²) in [7, 11) is 1.41. The number of nitrogens with one attached hydrogen (secondary N) is 1. The zero-order valence-electron chi connectivity index (χ0n) is 14.5. The van der Waals surface area contributed by atoms with Gasteiger partial charge in [0.2, 0.25) is 0 Å². The summed E-state index contributed by atoms with van der Waals surface area (Å²) >= 11 is 0. The van der Waals surface area contributed by atoms with Crippen LogP contribution in [0.4, 0.5) is 10.5 Å². The number of hydrogen-bond donors (Lipinski definition) is 1. The fraction of sp³-hybridized carbons (Fsp3) is 0.368. The van der Waals surface area contributed by atoms with Crippen LogP contribution in [0.3, 0.4) is 0 Å². The number of nitrogens with zero attached hydrogens (tertiary/aromatic N) is 2. The molecule has 2 heterocycles. The number of esters is 1. The molecule has 2 atom stereocenters. The van der Waals surface area contributed by atoms with E-state index in [9.17, 15) is 9.59 Å². The largest absolute Gasteiger partial charge is 0.469 e. The van der Waals surface area contributed by atoms with Crippen LogP contribution in [-0.4, -0.2) is 41.7 Å². The third kappa shape index (κ3) is 3.84. The lowest BCUT2D eigenvalue weighted by Gasteiger charge is -2.35. The van der Waals surface area contributed by atoms with Crippen LogP contribution >= 0.6 is 0 Å². The number of ether oxygens (including phenoxy) is 1. The highest BCUT2D eigenvalue weighted by molar-refractivity contribution is 5.90. The van der Waals surface area contributed by atoms with Gasteiger partial charge in [0.1, 0.15) is 0 Å². The number of aromatic nitrogens is 1. The van der Waals surface area contributed by atoms with Gasteiger partial charge < -0.3 is 19.5 Å². The molecule has 0 unspecified atom stereocenters. The van der Waals surface area contributed by atoms with Crippen molar-refractivity contribution in [3.05, 3.63) is 48.8 Å². The number of anilines is 1. The molecule has 1 aliphatic rings. The molecular formula is C19H23N3O3. The first kappa shape index (κ1) is 17.1. The average Bonchev–Trinajstić information content (AvgIpc) is 3.16. The first-order valence-electron chi connectivity index (χ1n) is 8.45. The standard InChI is InChI=1S/C19H23N3O3/c1-14-13-22(11-8-17(14)18(23)25-2)19(24)20-15-6-5-7-16(12-15)21-9-3-4-10-21/h3-7,9-10,12,14,17H,8,11,13H2,1-2H3,(H,20,24)/t14-,17+/m0/s1. The Kier molecular flexibility index (Phi) is 5.07. The molecule has 3 rings (SSSR count). The first-order valence-corrected chi connectivity index (χ1v) is 8.45. The Labute approximate surface area is 147 Å². The molecule has 0 radical (unpaired) electrons. The van der Waals surface area contributed by atoms with Gasteiger partial charge in [-0.1, -0.05) is 13.0 Å². The second-order valence-electron chi connectivity index (χ2n) is 6.41. The number of carbonyl (C=O) groups excluding carboxylic acids is 2. The van der Waals surface area contributed by atoms with Crippen molar-refractivity contribution in [1.29, 1.82) is 0 Å². The number of piperidine rings is 1. The van der Waals surface area contributed by atoms with E-state index in [-0.39, 0.29) is 23.8 Å². The molecule has 1 aromatic carbocycles. The highest BCUT2D eigenvalue weighted by Crippen LogP contribution is 2.25. The predicted octanol–water partition coefficient (Wildman–Crippen LogP) is 3.14. The molecule has 6 heteroatoms. The maximum absolute atomic E-state index is 12.5. The average molecular weight is 341 g/mol. The molecule has 132 valence electrons. The van der Waals surface area contributed by atoms with Crippen LogP contribution in [0.2, 0.25) is 0 Å². The number of rotatable bonds is 3. The Morgan fingerprint density at radius 2 is 1.96 bits per heavy atom. The van der Waals surface area contributed by atoms with Gasteiger partial charge in [-0.15, -0.1) is 0 Å². The molecule has 2 aromatic rings. The minimum absolute atomic E-state index is 0.0816. The summed E-state index contributed by atoms with van der Waals surface area (Å²) in [4.78, 5) is 26.1. The minimum Gasteiger partial charge on any atom is -0.469 e. The third-order valence-electron chi connectivity index (χ3n) is 4.70. The van der Waals surface area contributed by atoms with Crippen molar-refractivity contribution in [2.75, 3.05) is 25.5 Å². The SMILES string of the molecule is COC(=O)[C@@H]1CCN(C(=O)Nc2cccc(-n3cccc3)c2)C[C@@H]1C. The van der Waals surface area contributed by atoms with Crippen LogP contribution in [0.15, 0.2) is 48.8 Å². The number of methoxy groups -OCH3 is 1. The Morgan fingerprint density at radius 3 is 2.64 bits per heavy atom. The summed E-state index contributed by atoms with van der Waals surface area (Å²) in [5.41, 5.74) is 1.74. The van der Waals surface area contributed by atoms with E-state index < -0.39 is 0 Å². The third-order valence-corrected chi connectivity index (χ3v) is 4.70. The minimum atomic E-state index is -0.188. The summed E-state index contributed by atoms with van der Waals surface area (Å²) < 4.78 is 6.83. The van der Waals surface area contributed by atoms with Crippen molar-refractivity contribution >= 4 is 17.7 Å². The molecule has 1 fully saturated rings. The van der Waals surface area contributed by atoms with Gasteiger partial charge >= 0.3 is 12.0 Å². The molecule has 1 saturated heterocycles. The van der Waals surface area contributed by atoms with Crippen molar-refractivity contribution in [2.45, 2.75) is 13.3 Å². The van der Waals surface area contributed by atoms with Crippen LogP contribution in [0.1, 0.15) is 13.3 Å². The molecule has 1 aromatic heterocycles. The Bertz CT molecular complexity index is 742. The predicted molar refractivity (Wildman–Crippen MR) is 95.6 cm³/mol. The van der Waals surface area contributed by atoms with Crippen molar-refractivity contribution in [3.8, 4) is 5.69 Å². The van der Waals surface area contributed by atoms with Gasteiger partial charge in [0.15, 0.2) is 0 Å². The van der Waals surface area contributed by atoms with Crippen LogP contribution in [0, 0.1) is 11.8 Å².